The number of methoxy groups -OCH3 is 2. The summed E-state index contributed by atoms with van der Waals surface area (Å²) >= 11 is 6.06. The van der Waals surface area contributed by atoms with Gasteiger partial charge in [-0.05, 0) is 55.2 Å². The minimum absolute atomic E-state index is 0.0579. The van der Waals surface area contributed by atoms with Gasteiger partial charge < -0.3 is 19.7 Å². The Balaban J connectivity index is 1.79. The van der Waals surface area contributed by atoms with Crippen LogP contribution < -0.4 is 14.8 Å². The molecule has 0 aliphatic carbocycles. The Hall–Kier alpha value is -2.73. The average molecular weight is 415 g/mol. The van der Waals surface area contributed by atoms with Gasteiger partial charge in [0.05, 0.1) is 20.1 Å². The van der Waals surface area contributed by atoms with Gasteiger partial charge in [0.1, 0.15) is 0 Å². The Morgan fingerprint density at radius 1 is 1.14 bits per heavy atom. The summed E-state index contributed by atoms with van der Waals surface area (Å²) < 4.78 is 10.8. The number of anilines is 1. The number of carbonyl (C=O) groups is 2. The number of nitrogens with zero attached hydrogens (tertiary/aromatic N) is 1. The Kier molecular flexibility index (Phi) is 5.37. The van der Waals surface area contributed by atoms with E-state index in [-0.39, 0.29) is 17.9 Å². The Labute approximate surface area is 174 Å². The molecule has 2 aromatic carbocycles. The molecule has 0 saturated carbocycles. The van der Waals surface area contributed by atoms with Crippen LogP contribution in [0.3, 0.4) is 0 Å². The molecule has 6 nitrogen and oxygen atoms in total. The van der Waals surface area contributed by atoms with Crippen LogP contribution in [-0.4, -0.2) is 43.5 Å². The topological polar surface area (TPSA) is 67.9 Å². The van der Waals surface area contributed by atoms with E-state index in [1.807, 2.05) is 4.90 Å². The highest BCUT2D eigenvalue weighted by atomic mass is 35.5. The minimum atomic E-state index is -0.498. The Morgan fingerprint density at radius 3 is 2.62 bits per heavy atom. The maximum Gasteiger partial charge on any atom is 0.254 e. The second-order valence-corrected chi connectivity index (χ2v) is 7.77. The van der Waals surface area contributed by atoms with Crippen molar-refractivity contribution < 1.29 is 19.1 Å². The van der Waals surface area contributed by atoms with Crippen molar-refractivity contribution in [2.75, 3.05) is 26.1 Å². The van der Waals surface area contributed by atoms with E-state index in [0.29, 0.717) is 39.9 Å². The first-order chi connectivity index (χ1) is 14.0. The van der Waals surface area contributed by atoms with Crippen LogP contribution in [0.5, 0.6) is 11.5 Å². The van der Waals surface area contributed by atoms with E-state index < -0.39 is 5.92 Å². The molecule has 0 bridgehead atoms. The van der Waals surface area contributed by atoms with Gasteiger partial charge in [-0.15, -0.1) is 0 Å². The van der Waals surface area contributed by atoms with Gasteiger partial charge in [-0.25, -0.2) is 0 Å². The van der Waals surface area contributed by atoms with Crippen molar-refractivity contribution >= 4 is 29.1 Å². The predicted octanol–water partition coefficient (Wildman–Crippen LogP) is 4.09. The van der Waals surface area contributed by atoms with Crippen LogP contribution in [0.25, 0.3) is 0 Å². The summed E-state index contributed by atoms with van der Waals surface area (Å²) in [5.74, 6) is 0.261. The van der Waals surface area contributed by atoms with Crippen molar-refractivity contribution in [2.24, 2.45) is 0 Å². The summed E-state index contributed by atoms with van der Waals surface area (Å²) in [7, 11) is 3.08. The number of benzene rings is 2. The molecular weight excluding hydrogens is 392 g/mol. The van der Waals surface area contributed by atoms with Crippen LogP contribution >= 0.6 is 11.6 Å². The number of rotatable bonds is 4. The molecule has 2 atom stereocenters. The zero-order chi connectivity index (χ0) is 20.5. The third-order valence-corrected chi connectivity index (χ3v) is 5.93. The Morgan fingerprint density at radius 2 is 1.90 bits per heavy atom. The van der Waals surface area contributed by atoms with Gasteiger partial charge in [-0.3, -0.25) is 9.59 Å². The van der Waals surface area contributed by atoms with E-state index in [2.05, 4.69) is 5.32 Å². The van der Waals surface area contributed by atoms with Crippen molar-refractivity contribution in [1.82, 2.24) is 4.90 Å². The van der Waals surface area contributed by atoms with Gasteiger partial charge in [0.15, 0.2) is 11.5 Å². The van der Waals surface area contributed by atoms with Gasteiger partial charge >= 0.3 is 0 Å². The fourth-order valence-corrected chi connectivity index (χ4v) is 4.55. The molecule has 2 heterocycles. The lowest BCUT2D eigenvalue weighted by Crippen LogP contribution is -2.53. The quantitative estimate of drug-likeness (QED) is 0.818. The first-order valence-electron chi connectivity index (χ1n) is 9.67. The molecule has 0 aromatic heterocycles. The molecule has 1 fully saturated rings. The van der Waals surface area contributed by atoms with E-state index in [9.17, 15) is 9.59 Å². The smallest absolute Gasteiger partial charge is 0.254 e. The van der Waals surface area contributed by atoms with Crippen LogP contribution in [0.1, 0.15) is 41.1 Å². The molecule has 0 radical (unpaired) electrons. The number of hydrogen-bond donors (Lipinski definition) is 1. The molecule has 0 spiro atoms. The van der Waals surface area contributed by atoms with Crippen LogP contribution in [0.15, 0.2) is 36.4 Å². The molecular formula is C22H23ClN2O4. The Bertz CT molecular complexity index is 962. The number of nitrogens with one attached hydrogen (secondary N) is 1. The fraction of sp³-hybridized carbons (Fsp3) is 0.364. The van der Waals surface area contributed by atoms with E-state index in [0.717, 1.165) is 19.3 Å². The summed E-state index contributed by atoms with van der Waals surface area (Å²) in [6.07, 6.45) is 2.71. The number of amides is 2. The molecule has 29 heavy (non-hydrogen) atoms. The van der Waals surface area contributed by atoms with Crippen molar-refractivity contribution in [3.05, 3.63) is 52.5 Å². The zero-order valence-corrected chi connectivity index (χ0v) is 17.2. The van der Waals surface area contributed by atoms with Crippen molar-refractivity contribution in [3.8, 4) is 11.5 Å². The number of halogens is 1. The number of hydrogen-bond acceptors (Lipinski definition) is 4. The van der Waals surface area contributed by atoms with E-state index in [1.165, 1.54) is 7.11 Å². The van der Waals surface area contributed by atoms with E-state index >= 15 is 0 Å². The maximum absolute atomic E-state index is 13.4. The molecule has 2 aliphatic rings. The highest BCUT2D eigenvalue weighted by molar-refractivity contribution is 6.30. The number of ether oxygens (including phenoxy) is 2. The molecule has 1 N–H and O–H groups in total. The number of fused-ring (bicyclic) bond motifs is 2. The second kappa shape index (κ2) is 7.95. The van der Waals surface area contributed by atoms with E-state index in [4.69, 9.17) is 21.1 Å². The average Bonchev–Trinajstić information content (AvgIpc) is 2.73. The summed E-state index contributed by atoms with van der Waals surface area (Å²) in [6, 6.07) is 10.3. The van der Waals surface area contributed by atoms with Crippen LogP contribution in [-0.2, 0) is 4.79 Å². The normalized spacial score (nSPS) is 20.5. The van der Waals surface area contributed by atoms with Gasteiger partial charge in [0, 0.05) is 28.9 Å². The van der Waals surface area contributed by atoms with Gasteiger partial charge in [0.25, 0.3) is 5.91 Å². The summed E-state index contributed by atoms with van der Waals surface area (Å²) in [5.41, 5.74) is 1.80. The standard InChI is InChI=1S/C22H23ClN2O4/c1-28-18-11-15-16(12-19(18)29-2)22(27)25-9-4-3-8-17(25)20(15)21(26)24-14-7-5-6-13(23)10-14/h5-7,10-12,17,20H,3-4,8-9H2,1-2H3,(H,24,26). The van der Waals surface area contributed by atoms with Gasteiger partial charge in [0.2, 0.25) is 5.91 Å². The van der Waals surface area contributed by atoms with Crippen molar-refractivity contribution in [1.29, 1.82) is 0 Å². The summed E-state index contributed by atoms with van der Waals surface area (Å²) in [5, 5.41) is 3.52. The van der Waals surface area contributed by atoms with Crippen molar-refractivity contribution in [3.63, 3.8) is 0 Å². The highest BCUT2D eigenvalue weighted by Crippen LogP contribution is 2.43. The molecule has 7 heteroatoms. The predicted molar refractivity (Wildman–Crippen MR) is 111 cm³/mol. The fourth-order valence-electron chi connectivity index (χ4n) is 4.36. The molecule has 2 aliphatic heterocycles. The summed E-state index contributed by atoms with van der Waals surface area (Å²) in [6.45, 7) is 0.651. The SMILES string of the molecule is COc1cc2c(cc1OC)C(C(=O)Nc1cccc(Cl)c1)C1CCCCN1C2=O. The molecule has 152 valence electrons. The zero-order valence-electron chi connectivity index (χ0n) is 16.4. The van der Waals surface area contributed by atoms with Gasteiger partial charge in [-0.2, -0.15) is 0 Å². The highest BCUT2D eigenvalue weighted by Gasteiger charge is 2.44. The third-order valence-electron chi connectivity index (χ3n) is 5.69. The molecule has 2 unspecified atom stereocenters. The lowest BCUT2D eigenvalue weighted by Gasteiger charge is -2.44. The first kappa shape index (κ1) is 19.6. The lowest BCUT2D eigenvalue weighted by atomic mass is 9.78. The lowest BCUT2D eigenvalue weighted by molar-refractivity contribution is -0.119. The molecule has 2 aromatic rings. The van der Waals surface area contributed by atoms with Crippen molar-refractivity contribution in [2.45, 2.75) is 31.2 Å². The number of carbonyl (C=O) groups excluding carboxylic acids is 2. The summed E-state index contributed by atoms with van der Waals surface area (Å²) in [4.78, 5) is 28.4. The second-order valence-electron chi connectivity index (χ2n) is 7.33. The third kappa shape index (κ3) is 3.53. The molecule has 4 rings (SSSR count). The maximum atomic E-state index is 13.4. The van der Waals surface area contributed by atoms with Crippen LogP contribution in [0, 0.1) is 0 Å². The molecule has 1 saturated heterocycles. The van der Waals surface area contributed by atoms with Crippen LogP contribution in [0.2, 0.25) is 5.02 Å². The monoisotopic (exact) mass is 414 g/mol. The first-order valence-corrected chi connectivity index (χ1v) is 10.0. The van der Waals surface area contributed by atoms with Crippen LogP contribution in [0.4, 0.5) is 5.69 Å². The van der Waals surface area contributed by atoms with Gasteiger partial charge in [-0.1, -0.05) is 17.7 Å². The van der Waals surface area contributed by atoms with E-state index in [1.54, 1.807) is 43.5 Å². The molecule has 2 amide bonds. The minimum Gasteiger partial charge on any atom is -0.493 e. The number of piperidine rings is 1. The largest absolute Gasteiger partial charge is 0.493 e.